The van der Waals surface area contributed by atoms with Gasteiger partial charge in [0.1, 0.15) is 12.4 Å². The first-order chi connectivity index (χ1) is 14.9. The molecule has 1 amide bonds. The van der Waals surface area contributed by atoms with Crippen molar-refractivity contribution >= 4 is 27.9 Å². The lowest BCUT2D eigenvalue weighted by Crippen LogP contribution is -2.24. The van der Waals surface area contributed by atoms with Crippen LogP contribution in [0.2, 0.25) is 0 Å². The molecule has 1 heterocycles. The van der Waals surface area contributed by atoms with Crippen molar-refractivity contribution in [1.29, 1.82) is 0 Å². The predicted octanol–water partition coefficient (Wildman–Crippen LogP) is 5.31. The summed E-state index contributed by atoms with van der Waals surface area (Å²) in [6.45, 7) is 4.59. The van der Waals surface area contributed by atoms with E-state index in [1.807, 2.05) is 56.3 Å². The van der Waals surface area contributed by atoms with Gasteiger partial charge in [0.15, 0.2) is 11.5 Å². The number of hydrogen-bond donors (Lipinski definition) is 0. The molecule has 0 N–H and O–H groups in total. The fourth-order valence-corrected chi connectivity index (χ4v) is 3.43. The molecule has 3 rings (SSSR count). The molecule has 7 heteroatoms. The molecular formula is C24H25BrN2O4. The van der Waals surface area contributed by atoms with E-state index >= 15 is 0 Å². The summed E-state index contributed by atoms with van der Waals surface area (Å²) in [5.41, 5.74) is 3.61. The van der Waals surface area contributed by atoms with Gasteiger partial charge < -0.3 is 18.9 Å². The molecule has 0 atom stereocenters. The lowest BCUT2D eigenvalue weighted by atomic mass is 10.1. The summed E-state index contributed by atoms with van der Waals surface area (Å²) in [5, 5.41) is 3.94. The summed E-state index contributed by atoms with van der Waals surface area (Å²) in [7, 11) is 3.36. The van der Waals surface area contributed by atoms with Gasteiger partial charge in [0.05, 0.1) is 18.4 Å². The van der Waals surface area contributed by atoms with Crippen LogP contribution in [0.4, 0.5) is 0 Å². The van der Waals surface area contributed by atoms with Crippen LogP contribution < -0.4 is 9.47 Å². The third kappa shape index (κ3) is 5.76. The van der Waals surface area contributed by atoms with Gasteiger partial charge in [-0.05, 0) is 49.2 Å². The zero-order valence-corrected chi connectivity index (χ0v) is 19.6. The first-order valence-electron chi connectivity index (χ1n) is 9.78. The average molecular weight is 485 g/mol. The number of carbonyl (C=O) groups excluding carboxylic acids is 1. The van der Waals surface area contributed by atoms with Crippen LogP contribution in [0, 0.1) is 13.8 Å². The van der Waals surface area contributed by atoms with E-state index in [-0.39, 0.29) is 5.91 Å². The minimum Gasteiger partial charge on any atom is -0.493 e. The lowest BCUT2D eigenvalue weighted by Gasteiger charge is -2.16. The van der Waals surface area contributed by atoms with E-state index < -0.39 is 0 Å². The SMILES string of the molecule is COc1cc(/C=C/C(=O)N(C)Cc2ccccc2Br)ccc1OCc1c(C)noc1C. The predicted molar refractivity (Wildman–Crippen MR) is 123 cm³/mol. The van der Waals surface area contributed by atoms with Crippen LogP contribution >= 0.6 is 15.9 Å². The molecule has 0 saturated heterocycles. The molecule has 2 aromatic carbocycles. The molecule has 1 aromatic heterocycles. The van der Waals surface area contributed by atoms with Crippen LogP contribution in [0.25, 0.3) is 6.08 Å². The Morgan fingerprint density at radius 1 is 1.19 bits per heavy atom. The fourth-order valence-electron chi connectivity index (χ4n) is 3.02. The van der Waals surface area contributed by atoms with E-state index in [0.717, 1.165) is 32.6 Å². The van der Waals surface area contributed by atoms with Crippen molar-refractivity contribution in [2.75, 3.05) is 14.2 Å². The Hall–Kier alpha value is -3.06. The second-order valence-electron chi connectivity index (χ2n) is 7.12. The van der Waals surface area contributed by atoms with Gasteiger partial charge >= 0.3 is 0 Å². The number of carbonyl (C=O) groups is 1. The Bertz CT molecular complexity index is 1070. The quantitative estimate of drug-likeness (QED) is 0.405. The molecule has 0 aliphatic carbocycles. The highest BCUT2D eigenvalue weighted by Gasteiger charge is 2.12. The van der Waals surface area contributed by atoms with Gasteiger partial charge in [-0.3, -0.25) is 4.79 Å². The molecule has 3 aromatic rings. The number of likely N-dealkylation sites (N-methyl/N-ethyl adjacent to an activating group) is 1. The summed E-state index contributed by atoms with van der Waals surface area (Å²) < 4.78 is 17.5. The summed E-state index contributed by atoms with van der Waals surface area (Å²) in [6, 6.07) is 13.4. The van der Waals surface area contributed by atoms with E-state index in [2.05, 4.69) is 21.1 Å². The van der Waals surface area contributed by atoms with Gasteiger partial charge in [0.2, 0.25) is 5.91 Å². The lowest BCUT2D eigenvalue weighted by molar-refractivity contribution is -0.125. The van der Waals surface area contributed by atoms with Crippen molar-refractivity contribution in [2.24, 2.45) is 0 Å². The van der Waals surface area contributed by atoms with Gasteiger partial charge in [-0.15, -0.1) is 0 Å². The molecule has 162 valence electrons. The van der Waals surface area contributed by atoms with Crippen molar-refractivity contribution in [3.63, 3.8) is 0 Å². The van der Waals surface area contributed by atoms with Gasteiger partial charge in [0.25, 0.3) is 0 Å². The molecule has 6 nitrogen and oxygen atoms in total. The van der Waals surface area contributed by atoms with E-state index in [9.17, 15) is 4.79 Å². The number of aryl methyl sites for hydroxylation is 2. The van der Waals surface area contributed by atoms with Gasteiger partial charge in [-0.25, -0.2) is 0 Å². The molecule has 0 unspecified atom stereocenters. The third-order valence-electron chi connectivity index (χ3n) is 4.90. The normalized spacial score (nSPS) is 11.0. The highest BCUT2D eigenvalue weighted by atomic mass is 79.9. The molecule has 0 bridgehead atoms. The summed E-state index contributed by atoms with van der Waals surface area (Å²) >= 11 is 3.51. The number of hydrogen-bond acceptors (Lipinski definition) is 5. The number of benzene rings is 2. The zero-order chi connectivity index (χ0) is 22.4. The highest BCUT2D eigenvalue weighted by Crippen LogP contribution is 2.30. The number of ether oxygens (including phenoxy) is 2. The Morgan fingerprint density at radius 3 is 2.65 bits per heavy atom. The maximum atomic E-state index is 12.5. The number of amides is 1. The van der Waals surface area contributed by atoms with Crippen molar-refractivity contribution in [1.82, 2.24) is 10.1 Å². The van der Waals surface area contributed by atoms with Gasteiger partial charge in [-0.1, -0.05) is 45.4 Å². The Balaban J connectivity index is 1.65. The second kappa shape index (κ2) is 10.3. The van der Waals surface area contributed by atoms with Gasteiger partial charge in [-0.2, -0.15) is 0 Å². The highest BCUT2D eigenvalue weighted by molar-refractivity contribution is 9.10. The van der Waals surface area contributed by atoms with Crippen LogP contribution in [0.3, 0.4) is 0 Å². The van der Waals surface area contributed by atoms with Crippen LogP contribution in [0.5, 0.6) is 11.5 Å². The zero-order valence-electron chi connectivity index (χ0n) is 18.0. The van der Waals surface area contributed by atoms with Crippen LogP contribution in [-0.2, 0) is 17.9 Å². The number of nitrogens with zero attached hydrogens (tertiary/aromatic N) is 2. The number of rotatable bonds is 8. The van der Waals surface area contributed by atoms with E-state index in [1.54, 1.807) is 31.2 Å². The number of halogens is 1. The minimum atomic E-state index is -0.0894. The van der Waals surface area contributed by atoms with E-state index in [4.69, 9.17) is 14.0 Å². The minimum absolute atomic E-state index is 0.0894. The van der Waals surface area contributed by atoms with Gasteiger partial charge in [0, 0.05) is 24.1 Å². The van der Waals surface area contributed by atoms with Crippen LogP contribution in [-0.4, -0.2) is 30.1 Å². The van der Waals surface area contributed by atoms with Crippen molar-refractivity contribution in [3.8, 4) is 11.5 Å². The molecule has 0 aliphatic heterocycles. The molecule has 0 radical (unpaired) electrons. The van der Waals surface area contributed by atoms with Crippen molar-refractivity contribution in [2.45, 2.75) is 27.0 Å². The first kappa shape index (κ1) is 22.6. The number of methoxy groups -OCH3 is 1. The molecule has 0 saturated carbocycles. The van der Waals surface area contributed by atoms with E-state index in [0.29, 0.717) is 24.7 Å². The summed E-state index contributed by atoms with van der Waals surface area (Å²) in [6.07, 6.45) is 3.31. The van der Waals surface area contributed by atoms with Crippen LogP contribution in [0.1, 0.15) is 28.1 Å². The fraction of sp³-hybridized carbons (Fsp3) is 0.250. The molecule has 0 aliphatic rings. The van der Waals surface area contributed by atoms with Crippen LogP contribution in [0.15, 0.2) is 57.5 Å². The second-order valence-corrected chi connectivity index (χ2v) is 7.98. The van der Waals surface area contributed by atoms with Crippen molar-refractivity contribution < 1.29 is 18.8 Å². The summed E-state index contributed by atoms with van der Waals surface area (Å²) in [4.78, 5) is 14.2. The maximum absolute atomic E-state index is 12.5. The first-order valence-corrected chi connectivity index (χ1v) is 10.6. The monoisotopic (exact) mass is 484 g/mol. The Labute approximate surface area is 190 Å². The molecule has 31 heavy (non-hydrogen) atoms. The largest absolute Gasteiger partial charge is 0.493 e. The molecular weight excluding hydrogens is 460 g/mol. The standard InChI is InChI=1S/C24H25BrN2O4/c1-16-20(17(2)31-26-16)15-30-22-11-9-18(13-23(22)29-4)10-12-24(28)27(3)14-19-7-5-6-8-21(19)25/h5-13H,14-15H2,1-4H3/b12-10+. The van der Waals surface area contributed by atoms with Crippen molar-refractivity contribution in [3.05, 3.63) is 81.2 Å². The topological polar surface area (TPSA) is 64.8 Å². The Kier molecular flexibility index (Phi) is 7.52. The average Bonchev–Trinajstić information content (AvgIpc) is 3.09. The molecule has 0 spiro atoms. The van der Waals surface area contributed by atoms with E-state index in [1.165, 1.54) is 0 Å². The third-order valence-corrected chi connectivity index (χ3v) is 5.67. The smallest absolute Gasteiger partial charge is 0.246 e. The summed E-state index contributed by atoms with van der Waals surface area (Å²) in [5.74, 6) is 1.84. The Morgan fingerprint density at radius 2 is 1.97 bits per heavy atom. The molecule has 0 fully saturated rings. The maximum Gasteiger partial charge on any atom is 0.246 e. The number of aromatic nitrogens is 1.